The lowest BCUT2D eigenvalue weighted by atomic mass is 9.72. The van der Waals surface area contributed by atoms with Crippen LogP contribution >= 0.6 is 0 Å². The lowest BCUT2D eigenvalue weighted by Gasteiger charge is -2.45. The van der Waals surface area contributed by atoms with E-state index in [0.717, 1.165) is 0 Å². The predicted octanol–water partition coefficient (Wildman–Crippen LogP) is 1.06. The Labute approximate surface area is 310 Å². The number of phenols is 2. The van der Waals surface area contributed by atoms with Gasteiger partial charge in [-0.15, -0.1) is 0 Å². The van der Waals surface area contributed by atoms with E-state index in [2.05, 4.69) is 4.90 Å². The van der Waals surface area contributed by atoms with Crippen LogP contribution in [0.25, 0.3) is 0 Å². The summed E-state index contributed by atoms with van der Waals surface area (Å²) in [6, 6.07) is 4.28. The van der Waals surface area contributed by atoms with Gasteiger partial charge < -0.3 is 58.3 Å². The molecule has 2 aliphatic carbocycles. The molecule has 290 valence electrons. The van der Waals surface area contributed by atoms with Crippen LogP contribution in [0.2, 0.25) is 0 Å². The molecule has 0 spiro atoms. The molecule has 0 unspecified atom stereocenters. The van der Waals surface area contributed by atoms with E-state index in [4.69, 9.17) is 33.2 Å². The average Bonchev–Trinajstić information content (AvgIpc) is 3.56. The van der Waals surface area contributed by atoms with Crippen LogP contribution in [0.5, 0.6) is 17.2 Å². The normalized spacial score (nSPS) is 31.9. The van der Waals surface area contributed by atoms with Gasteiger partial charge in [-0.2, -0.15) is 0 Å². The number of ether oxygens (including phenoxy) is 7. The Morgan fingerprint density at radius 3 is 2.35 bits per heavy atom. The van der Waals surface area contributed by atoms with Crippen molar-refractivity contribution < 1.29 is 67.7 Å². The SMILES string of the molecule is COC(=O)N1CCN(C(=O)[C@]2(O)Cc3c(O)c4c(c(O)c3[C@@H](O[C@H]3C[C@H]5[C@H](O[C@@H]6[C@@H](OC)OCCN65)[C@H](C)O3)C2)C(=O)c2c(OC)cccc2C4=O)CC1. The fraction of sp³-hybridized carbons (Fsp3) is 0.568. The van der Waals surface area contributed by atoms with E-state index in [1.165, 1.54) is 42.2 Å². The van der Waals surface area contributed by atoms with Crippen LogP contribution in [0.4, 0.5) is 4.79 Å². The second-order valence-corrected chi connectivity index (χ2v) is 14.4. The van der Waals surface area contributed by atoms with Crippen molar-refractivity contribution in [1.29, 1.82) is 0 Å². The molecule has 17 nitrogen and oxygen atoms in total. The van der Waals surface area contributed by atoms with Gasteiger partial charge in [-0.25, -0.2) is 4.79 Å². The first-order valence-corrected chi connectivity index (χ1v) is 18.0. The molecule has 2 amide bonds. The summed E-state index contributed by atoms with van der Waals surface area (Å²) in [6.07, 6.45) is -5.33. The van der Waals surface area contributed by atoms with Crippen molar-refractivity contribution in [3.05, 3.63) is 51.6 Å². The number of amides is 2. The van der Waals surface area contributed by atoms with Crippen LogP contribution < -0.4 is 4.74 Å². The number of carbonyl (C=O) groups excluding carboxylic acids is 4. The van der Waals surface area contributed by atoms with E-state index in [0.29, 0.717) is 13.2 Å². The highest BCUT2D eigenvalue weighted by Gasteiger charge is 2.56. The maximum absolute atomic E-state index is 14.3. The number of carbonyl (C=O) groups is 4. The average molecular weight is 754 g/mol. The van der Waals surface area contributed by atoms with Gasteiger partial charge in [0.1, 0.15) is 29.0 Å². The van der Waals surface area contributed by atoms with Crippen molar-refractivity contribution in [3.8, 4) is 17.2 Å². The molecular weight excluding hydrogens is 710 g/mol. The largest absolute Gasteiger partial charge is 0.507 e. The van der Waals surface area contributed by atoms with Gasteiger partial charge in [-0.1, -0.05) is 12.1 Å². The van der Waals surface area contributed by atoms with Gasteiger partial charge in [0.15, 0.2) is 24.6 Å². The third kappa shape index (κ3) is 5.63. The maximum atomic E-state index is 14.3. The first kappa shape index (κ1) is 36.6. The lowest BCUT2D eigenvalue weighted by Crippen LogP contribution is -2.59. The van der Waals surface area contributed by atoms with Gasteiger partial charge in [-0.3, -0.25) is 19.3 Å². The molecule has 3 N–H and O–H groups in total. The Morgan fingerprint density at radius 1 is 0.926 bits per heavy atom. The van der Waals surface area contributed by atoms with E-state index >= 15 is 0 Å². The Bertz CT molecular complexity index is 1900. The quantitative estimate of drug-likeness (QED) is 0.312. The number of rotatable bonds is 5. The van der Waals surface area contributed by atoms with Gasteiger partial charge in [0, 0.05) is 81.8 Å². The number of aromatic hydroxyl groups is 2. The highest BCUT2D eigenvalue weighted by atomic mass is 16.7. The van der Waals surface area contributed by atoms with Gasteiger partial charge in [0.05, 0.1) is 49.7 Å². The fourth-order valence-corrected chi connectivity index (χ4v) is 9.01. The van der Waals surface area contributed by atoms with E-state index in [1.807, 2.05) is 6.92 Å². The predicted molar refractivity (Wildman–Crippen MR) is 182 cm³/mol. The summed E-state index contributed by atoms with van der Waals surface area (Å²) in [6.45, 7) is 3.33. The van der Waals surface area contributed by atoms with Crippen molar-refractivity contribution in [2.24, 2.45) is 0 Å². The molecule has 8 rings (SSSR count). The molecule has 6 aliphatic rings. The van der Waals surface area contributed by atoms with Gasteiger partial charge >= 0.3 is 6.09 Å². The molecule has 2 aromatic carbocycles. The minimum Gasteiger partial charge on any atom is -0.507 e. The van der Waals surface area contributed by atoms with Gasteiger partial charge in [0.2, 0.25) is 5.78 Å². The first-order chi connectivity index (χ1) is 25.9. The van der Waals surface area contributed by atoms with Gasteiger partial charge in [-0.05, 0) is 13.0 Å². The molecule has 0 radical (unpaired) electrons. The second-order valence-electron chi connectivity index (χ2n) is 14.4. The molecule has 0 saturated carbocycles. The molecule has 8 atom stereocenters. The minimum absolute atomic E-state index is 0.0324. The number of ketones is 2. The summed E-state index contributed by atoms with van der Waals surface area (Å²) in [5.41, 5.74) is -3.32. The zero-order valence-corrected chi connectivity index (χ0v) is 30.3. The van der Waals surface area contributed by atoms with Crippen LogP contribution in [0.15, 0.2) is 18.2 Å². The number of hydrogen-bond acceptors (Lipinski definition) is 15. The molecule has 2 aromatic rings. The summed E-state index contributed by atoms with van der Waals surface area (Å²) in [5.74, 6) is -3.32. The number of hydrogen-bond donors (Lipinski definition) is 3. The standard InChI is InChI=1S/C37H43N3O14/c1-17-32-20(40-12-13-51-34(49-3)33(40)54-32)14-23(52-17)53-22-16-37(47,35(45)38-8-10-39(11-9-38)36(46)50-4)15-19-25(22)31(44)27-26(29(19)42)28(41)18-6-5-7-21(48-2)24(18)30(27)43/h5-7,17,20,22-23,32-34,42,44,47H,8-16H2,1-4H3/t17-,20-,22-,23-,32+,33+,34-,37-/m0/s1. The zero-order valence-electron chi connectivity index (χ0n) is 30.3. The molecular formula is C37H43N3O14. The minimum atomic E-state index is -2.20. The number of phenolic OH excluding ortho intramolecular Hbond substituents is 2. The lowest BCUT2D eigenvalue weighted by molar-refractivity contribution is -0.256. The second kappa shape index (κ2) is 13.7. The Hall–Kier alpha value is -4.36. The van der Waals surface area contributed by atoms with Crippen LogP contribution in [0, 0.1) is 0 Å². The summed E-state index contributed by atoms with van der Waals surface area (Å²) < 4.78 is 40.7. The highest BCUT2D eigenvalue weighted by Crippen LogP contribution is 2.53. The fourth-order valence-electron chi connectivity index (χ4n) is 9.01. The molecule has 4 fully saturated rings. The van der Waals surface area contributed by atoms with E-state index in [1.54, 1.807) is 7.11 Å². The van der Waals surface area contributed by atoms with Crippen LogP contribution in [0.1, 0.15) is 68.8 Å². The molecule has 4 saturated heterocycles. The van der Waals surface area contributed by atoms with Gasteiger partial charge in [0.25, 0.3) is 5.91 Å². The first-order valence-electron chi connectivity index (χ1n) is 18.0. The summed E-state index contributed by atoms with van der Waals surface area (Å²) in [4.78, 5) is 59.5. The van der Waals surface area contributed by atoms with Crippen molar-refractivity contribution in [1.82, 2.24) is 14.7 Å². The topological polar surface area (TPSA) is 203 Å². The molecule has 0 bridgehead atoms. The number of nitrogens with zero attached hydrogens (tertiary/aromatic N) is 3. The van der Waals surface area contributed by atoms with E-state index in [9.17, 15) is 34.5 Å². The van der Waals surface area contributed by atoms with Crippen molar-refractivity contribution in [2.75, 3.05) is 60.7 Å². The monoisotopic (exact) mass is 753 g/mol. The number of morpholine rings is 1. The van der Waals surface area contributed by atoms with E-state index < -0.39 is 95.7 Å². The Kier molecular flexibility index (Phi) is 9.31. The summed E-state index contributed by atoms with van der Waals surface area (Å²) in [7, 11) is 4.16. The highest BCUT2D eigenvalue weighted by molar-refractivity contribution is 6.31. The number of piperazine rings is 1. The van der Waals surface area contributed by atoms with Crippen molar-refractivity contribution in [2.45, 2.75) is 74.9 Å². The van der Waals surface area contributed by atoms with E-state index in [-0.39, 0.29) is 72.7 Å². The van der Waals surface area contributed by atoms with Crippen LogP contribution in [0.3, 0.4) is 0 Å². The third-order valence-electron chi connectivity index (χ3n) is 11.6. The van der Waals surface area contributed by atoms with Crippen molar-refractivity contribution >= 4 is 23.6 Å². The zero-order chi connectivity index (χ0) is 38.2. The molecule has 0 aromatic heterocycles. The molecule has 4 heterocycles. The van der Waals surface area contributed by atoms with Crippen LogP contribution in [-0.4, -0.2) is 157 Å². The molecule has 54 heavy (non-hydrogen) atoms. The number of fused-ring (bicyclic) bond motifs is 6. The maximum Gasteiger partial charge on any atom is 0.409 e. The molecule has 4 aliphatic heterocycles. The smallest absolute Gasteiger partial charge is 0.409 e. The summed E-state index contributed by atoms with van der Waals surface area (Å²) >= 11 is 0. The van der Waals surface area contributed by atoms with Crippen LogP contribution in [-0.2, 0) is 39.6 Å². The molecule has 17 heteroatoms. The summed E-state index contributed by atoms with van der Waals surface area (Å²) in [5, 5.41) is 36.2. The Morgan fingerprint density at radius 2 is 1.65 bits per heavy atom. The number of aliphatic hydroxyl groups is 1. The number of methoxy groups -OCH3 is 3. The van der Waals surface area contributed by atoms with Crippen molar-refractivity contribution in [3.63, 3.8) is 0 Å². The number of benzene rings is 2. The Balaban J connectivity index is 1.17. The third-order valence-corrected chi connectivity index (χ3v) is 11.6.